The minimum atomic E-state index is -2.33. The van der Waals surface area contributed by atoms with Crippen LogP contribution in [0.5, 0.6) is 0 Å². The van der Waals surface area contributed by atoms with Gasteiger partial charge in [-0.15, -0.1) is 0 Å². The van der Waals surface area contributed by atoms with Gasteiger partial charge in [-0.3, -0.25) is 0 Å². The molecule has 0 bridgehead atoms. The van der Waals surface area contributed by atoms with Gasteiger partial charge in [0.25, 0.3) is 0 Å². The quantitative estimate of drug-likeness (QED) is 0.373. The molecule has 6 heteroatoms. The van der Waals surface area contributed by atoms with Crippen molar-refractivity contribution in [1.29, 1.82) is 0 Å². The van der Waals surface area contributed by atoms with Crippen LogP contribution in [-0.2, 0) is 19.5 Å². The van der Waals surface area contributed by atoms with Crippen LogP contribution in [0.3, 0.4) is 0 Å². The van der Waals surface area contributed by atoms with Crippen molar-refractivity contribution in [2.45, 2.75) is 0 Å². The molecule has 1 N–H and O–H groups in total. The zero-order valence-corrected chi connectivity index (χ0v) is 8.76. The van der Waals surface area contributed by atoms with Crippen LogP contribution in [0.4, 0.5) is 4.79 Å². The Labute approximate surface area is 83.0 Å². The minimum Gasteiger partial charge on any atom is -0.870 e. The summed E-state index contributed by atoms with van der Waals surface area (Å²) < 4.78 is 0. The molecular formula is CHCaO4Zn+. The summed E-state index contributed by atoms with van der Waals surface area (Å²) in [7, 11) is 0. The number of carboxylic acid groups (broad SMARTS) is 2. The average molecular weight is 182 g/mol. The molecule has 32 valence electrons. The van der Waals surface area contributed by atoms with E-state index in [2.05, 4.69) is 0 Å². The second kappa shape index (κ2) is 15.7. The molecule has 4 nitrogen and oxygen atoms in total. The summed E-state index contributed by atoms with van der Waals surface area (Å²) in [6, 6.07) is 0. The zero-order chi connectivity index (χ0) is 3.58. The smallest absolute Gasteiger partial charge is 0.870 e. The maximum absolute atomic E-state index is 8.33. The second-order valence-corrected chi connectivity index (χ2v) is 0.250. The van der Waals surface area contributed by atoms with Gasteiger partial charge in [-0.05, 0) is 6.16 Å². The molecule has 0 saturated carbocycles. The molecular weight excluding hydrogens is 181 g/mol. The summed E-state index contributed by atoms with van der Waals surface area (Å²) in [6.07, 6.45) is -2.33. The van der Waals surface area contributed by atoms with E-state index >= 15 is 0 Å². The first-order valence-corrected chi connectivity index (χ1v) is 0.612. The van der Waals surface area contributed by atoms with Crippen LogP contribution >= 0.6 is 0 Å². The van der Waals surface area contributed by atoms with Gasteiger partial charge in [-0.1, -0.05) is 0 Å². The maximum Gasteiger partial charge on any atom is 2.00 e. The third kappa shape index (κ3) is 150. The summed E-state index contributed by atoms with van der Waals surface area (Å²) in [5.41, 5.74) is 0. The largest absolute Gasteiger partial charge is 2.00 e. The van der Waals surface area contributed by atoms with Crippen molar-refractivity contribution in [3.8, 4) is 0 Å². The molecule has 0 heterocycles. The molecule has 0 radical (unpaired) electrons. The average Bonchev–Trinajstić information content (AvgIpc) is 0.811. The van der Waals surface area contributed by atoms with E-state index in [1.165, 1.54) is 0 Å². The first-order valence-electron chi connectivity index (χ1n) is 0.612. The van der Waals surface area contributed by atoms with Crippen LogP contribution in [0.1, 0.15) is 0 Å². The van der Waals surface area contributed by atoms with Crippen LogP contribution in [0.2, 0.25) is 0 Å². The Morgan fingerprint density at radius 3 is 1.29 bits per heavy atom. The molecule has 0 aliphatic rings. The Morgan fingerprint density at radius 2 is 1.29 bits per heavy atom. The molecule has 0 fully saturated rings. The fraction of sp³-hybridized carbons (Fsp3) is 0. The number of carbonyl (C=O) groups excluding carboxylic acids is 1. The molecule has 0 unspecified atom stereocenters. The van der Waals surface area contributed by atoms with Crippen molar-refractivity contribution in [3.63, 3.8) is 0 Å². The Balaban J connectivity index is -0.0000000150. The van der Waals surface area contributed by atoms with Crippen LogP contribution in [0, 0.1) is 0 Å². The number of carbonyl (C=O) groups is 1. The summed E-state index contributed by atoms with van der Waals surface area (Å²) in [6.45, 7) is 0. The van der Waals surface area contributed by atoms with Gasteiger partial charge in [-0.2, -0.15) is 0 Å². The molecule has 0 aromatic rings. The Morgan fingerprint density at radius 1 is 1.29 bits per heavy atom. The number of hydrogen-bond donors (Lipinski definition) is 0. The predicted octanol–water partition coefficient (Wildman–Crippen LogP) is -3.01. The molecule has 0 aliphatic heterocycles. The molecule has 0 atom stereocenters. The maximum atomic E-state index is 8.33. The summed E-state index contributed by atoms with van der Waals surface area (Å²) in [5.74, 6) is 0. The van der Waals surface area contributed by atoms with E-state index < -0.39 is 6.16 Å². The summed E-state index contributed by atoms with van der Waals surface area (Å²) in [5, 5.41) is 16.7. The topological polar surface area (TPSA) is 93.2 Å². The van der Waals surface area contributed by atoms with E-state index in [9.17, 15) is 0 Å². The fourth-order valence-electron chi connectivity index (χ4n) is 0. The van der Waals surface area contributed by atoms with Crippen molar-refractivity contribution >= 4 is 43.9 Å². The van der Waals surface area contributed by atoms with Gasteiger partial charge in [-0.25, -0.2) is 0 Å². The van der Waals surface area contributed by atoms with Crippen molar-refractivity contribution in [2.24, 2.45) is 0 Å². The Bertz CT molecular complexity index is 34.7. The molecule has 7 heavy (non-hydrogen) atoms. The van der Waals surface area contributed by atoms with E-state index in [1.54, 1.807) is 0 Å². The van der Waals surface area contributed by atoms with E-state index in [1.807, 2.05) is 0 Å². The first-order chi connectivity index (χ1) is 1.73. The molecule has 0 aromatic carbocycles. The van der Waals surface area contributed by atoms with Gasteiger partial charge in [0.15, 0.2) is 0 Å². The molecule has 0 spiro atoms. The van der Waals surface area contributed by atoms with E-state index in [4.69, 9.17) is 15.0 Å². The van der Waals surface area contributed by atoms with Crippen molar-refractivity contribution in [1.82, 2.24) is 0 Å². The molecule has 0 aliphatic carbocycles. The van der Waals surface area contributed by atoms with Crippen LogP contribution < -0.4 is 10.2 Å². The van der Waals surface area contributed by atoms with Crippen LogP contribution in [0.25, 0.3) is 0 Å². The predicted molar refractivity (Wildman–Crippen MR) is 13.1 cm³/mol. The van der Waals surface area contributed by atoms with Gasteiger partial charge in [0, 0.05) is 0 Å². The Hall–Kier alpha value is 1.11. The van der Waals surface area contributed by atoms with E-state index in [0.29, 0.717) is 0 Å². The van der Waals surface area contributed by atoms with Gasteiger partial charge in [0.05, 0.1) is 0 Å². The normalized spacial score (nSPS) is 3.43. The number of rotatable bonds is 0. The van der Waals surface area contributed by atoms with Gasteiger partial charge < -0.3 is 20.5 Å². The summed E-state index contributed by atoms with van der Waals surface area (Å²) in [4.78, 5) is 8.33. The van der Waals surface area contributed by atoms with Gasteiger partial charge in [0.2, 0.25) is 0 Å². The van der Waals surface area contributed by atoms with Gasteiger partial charge >= 0.3 is 57.2 Å². The standard InChI is InChI=1S/CH2O3.Ca.H2O.Zn/c2-1(3)4;;;/h(H2,2,3,4);;1H2;/q;+2;;+2/p-3. The minimum absolute atomic E-state index is 0. The monoisotopic (exact) mass is 181 g/mol. The van der Waals surface area contributed by atoms with Gasteiger partial charge in [0.1, 0.15) is 0 Å². The molecule has 0 aromatic heterocycles. The zero-order valence-electron chi connectivity index (χ0n) is 3.59. The third-order valence-electron chi connectivity index (χ3n) is 0. The van der Waals surface area contributed by atoms with Crippen LogP contribution in [-0.4, -0.2) is 49.4 Å². The molecule has 0 rings (SSSR count). The molecule has 0 saturated heterocycles. The number of hydrogen-bond acceptors (Lipinski definition) is 4. The first kappa shape index (κ1) is 24.3. The van der Waals surface area contributed by atoms with Crippen molar-refractivity contribution < 1.29 is 40.0 Å². The SMILES string of the molecule is O=C([O-])[O-].[Ca+2].[OH-].[Zn+2]. The van der Waals surface area contributed by atoms with Crippen LogP contribution in [0.15, 0.2) is 0 Å². The van der Waals surface area contributed by atoms with E-state index in [0.717, 1.165) is 0 Å². The second-order valence-electron chi connectivity index (χ2n) is 0.250. The van der Waals surface area contributed by atoms with Crippen molar-refractivity contribution in [3.05, 3.63) is 0 Å². The fourth-order valence-corrected chi connectivity index (χ4v) is 0. The molecule has 0 amide bonds. The van der Waals surface area contributed by atoms with E-state index in [-0.39, 0.29) is 62.7 Å². The Kier molecular flexibility index (Phi) is 54.5. The third-order valence-corrected chi connectivity index (χ3v) is 0. The summed E-state index contributed by atoms with van der Waals surface area (Å²) >= 11 is 0. The van der Waals surface area contributed by atoms with Crippen molar-refractivity contribution in [2.75, 3.05) is 0 Å².